The van der Waals surface area contributed by atoms with Crippen molar-refractivity contribution >= 4 is 11.6 Å². The van der Waals surface area contributed by atoms with E-state index in [9.17, 15) is 5.26 Å². The fraction of sp³-hybridized carbons (Fsp3) is 0.133. The fourth-order valence-corrected chi connectivity index (χ4v) is 2.20. The molecule has 0 aliphatic heterocycles. The molecule has 0 spiro atoms. The van der Waals surface area contributed by atoms with Crippen molar-refractivity contribution in [2.75, 3.05) is 20.0 Å². The maximum Gasteiger partial charge on any atom is 0.236 e. The van der Waals surface area contributed by atoms with Crippen LogP contribution in [0.15, 0.2) is 30.6 Å². The normalized spacial score (nSPS) is 10.4. The number of hydrogen-bond acceptors (Lipinski definition) is 6. The van der Waals surface area contributed by atoms with Crippen LogP contribution in [-0.4, -0.2) is 28.6 Å². The molecule has 7 nitrogen and oxygen atoms in total. The zero-order valence-electron chi connectivity index (χ0n) is 12.1. The third kappa shape index (κ3) is 2.16. The molecule has 0 saturated carbocycles. The van der Waals surface area contributed by atoms with Gasteiger partial charge < -0.3 is 15.2 Å². The highest BCUT2D eigenvalue weighted by atomic mass is 16.5. The Hall–Kier alpha value is -3.27. The van der Waals surface area contributed by atoms with Crippen LogP contribution in [0.2, 0.25) is 0 Å². The third-order valence-electron chi connectivity index (χ3n) is 3.27. The number of imidazole rings is 1. The molecular formula is C15H13N5O2. The Labute approximate surface area is 126 Å². The highest BCUT2D eigenvalue weighted by molar-refractivity contribution is 5.73. The van der Waals surface area contributed by atoms with E-state index in [1.54, 1.807) is 42.1 Å². The second kappa shape index (κ2) is 5.26. The standard InChI is InChI=1S/C15H13N5O2/c1-21-12-6-13(22-2)10(5-9(12)7-16)11-8-20-4-3-14(17)19-15(20)18-11/h3-6,8H,1-2H3,(H2,17,18,19). The van der Waals surface area contributed by atoms with E-state index >= 15 is 0 Å². The minimum atomic E-state index is 0.393. The Kier molecular flexibility index (Phi) is 3.27. The molecule has 0 saturated heterocycles. The summed E-state index contributed by atoms with van der Waals surface area (Å²) in [7, 11) is 3.06. The summed E-state index contributed by atoms with van der Waals surface area (Å²) in [5.41, 5.74) is 7.39. The summed E-state index contributed by atoms with van der Waals surface area (Å²) in [5, 5.41) is 9.24. The van der Waals surface area contributed by atoms with Crippen molar-refractivity contribution in [3.8, 4) is 28.8 Å². The SMILES string of the molecule is COc1cc(OC)c(-c2cn3ccc(N)nc3n2)cc1C#N. The Morgan fingerprint density at radius 2 is 1.95 bits per heavy atom. The maximum atomic E-state index is 9.24. The molecule has 0 atom stereocenters. The van der Waals surface area contributed by atoms with E-state index in [4.69, 9.17) is 15.2 Å². The topological polar surface area (TPSA) is 98.5 Å². The molecule has 2 aromatic heterocycles. The number of methoxy groups -OCH3 is 2. The monoisotopic (exact) mass is 295 g/mol. The number of anilines is 1. The molecule has 2 heterocycles. The van der Waals surface area contributed by atoms with Crippen molar-refractivity contribution in [2.45, 2.75) is 0 Å². The van der Waals surface area contributed by atoms with Gasteiger partial charge in [0.1, 0.15) is 23.4 Å². The molecule has 0 fully saturated rings. The van der Waals surface area contributed by atoms with Crippen LogP contribution >= 0.6 is 0 Å². The predicted octanol–water partition coefficient (Wildman–Crippen LogP) is 1.87. The van der Waals surface area contributed by atoms with E-state index in [0.717, 1.165) is 0 Å². The van der Waals surface area contributed by atoms with Gasteiger partial charge in [-0.15, -0.1) is 0 Å². The maximum absolute atomic E-state index is 9.24. The van der Waals surface area contributed by atoms with Crippen LogP contribution in [0.1, 0.15) is 5.56 Å². The second-order valence-electron chi connectivity index (χ2n) is 4.55. The van der Waals surface area contributed by atoms with Crippen LogP contribution in [0.3, 0.4) is 0 Å². The molecular weight excluding hydrogens is 282 g/mol. The molecule has 22 heavy (non-hydrogen) atoms. The lowest BCUT2D eigenvalue weighted by Crippen LogP contribution is -1.94. The van der Waals surface area contributed by atoms with Gasteiger partial charge in [-0.1, -0.05) is 0 Å². The van der Waals surface area contributed by atoms with Gasteiger partial charge in [0.2, 0.25) is 5.78 Å². The van der Waals surface area contributed by atoms with Gasteiger partial charge in [0.25, 0.3) is 0 Å². The summed E-state index contributed by atoms with van der Waals surface area (Å²) in [6, 6.07) is 7.13. The number of aromatic nitrogens is 3. The van der Waals surface area contributed by atoms with Crippen molar-refractivity contribution in [3.63, 3.8) is 0 Å². The smallest absolute Gasteiger partial charge is 0.236 e. The lowest BCUT2D eigenvalue weighted by atomic mass is 10.1. The summed E-state index contributed by atoms with van der Waals surface area (Å²) in [6.45, 7) is 0. The van der Waals surface area contributed by atoms with Gasteiger partial charge in [0.15, 0.2) is 0 Å². The van der Waals surface area contributed by atoms with Gasteiger partial charge in [-0.05, 0) is 12.1 Å². The Bertz CT molecular complexity index is 895. The van der Waals surface area contributed by atoms with Gasteiger partial charge in [-0.2, -0.15) is 10.2 Å². The molecule has 3 rings (SSSR count). The first-order chi connectivity index (χ1) is 10.7. The van der Waals surface area contributed by atoms with E-state index in [0.29, 0.717) is 39.9 Å². The third-order valence-corrected chi connectivity index (χ3v) is 3.27. The van der Waals surface area contributed by atoms with Crippen LogP contribution in [0, 0.1) is 11.3 Å². The lowest BCUT2D eigenvalue weighted by molar-refractivity contribution is 0.394. The van der Waals surface area contributed by atoms with Gasteiger partial charge in [-0.25, -0.2) is 4.98 Å². The average Bonchev–Trinajstić information content (AvgIpc) is 2.96. The number of hydrogen-bond donors (Lipinski definition) is 1. The van der Waals surface area contributed by atoms with Crippen LogP contribution in [0.25, 0.3) is 17.0 Å². The minimum Gasteiger partial charge on any atom is -0.496 e. The molecule has 0 bridgehead atoms. The van der Waals surface area contributed by atoms with Crippen molar-refractivity contribution in [3.05, 3.63) is 36.2 Å². The Balaban J connectivity index is 2.22. The predicted molar refractivity (Wildman–Crippen MR) is 80.7 cm³/mol. The van der Waals surface area contributed by atoms with Gasteiger partial charge in [0.05, 0.1) is 25.5 Å². The van der Waals surface area contributed by atoms with E-state index in [2.05, 4.69) is 16.0 Å². The zero-order chi connectivity index (χ0) is 15.7. The van der Waals surface area contributed by atoms with Crippen LogP contribution in [-0.2, 0) is 0 Å². The number of nitrogens with two attached hydrogens (primary N) is 1. The molecule has 1 aromatic carbocycles. The lowest BCUT2D eigenvalue weighted by Gasteiger charge is -2.10. The summed E-state index contributed by atoms with van der Waals surface area (Å²) >= 11 is 0. The number of nitriles is 1. The summed E-state index contributed by atoms with van der Waals surface area (Å²) in [5.74, 6) is 1.89. The average molecular weight is 295 g/mol. The number of fused-ring (bicyclic) bond motifs is 1. The number of benzene rings is 1. The Morgan fingerprint density at radius 1 is 1.18 bits per heavy atom. The molecule has 0 unspecified atom stereocenters. The molecule has 0 aliphatic carbocycles. The van der Waals surface area contributed by atoms with Crippen LogP contribution < -0.4 is 15.2 Å². The van der Waals surface area contributed by atoms with Crippen molar-refractivity contribution < 1.29 is 9.47 Å². The number of ether oxygens (including phenoxy) is 2. The first kappa shape index (κ1) is 13.7. The van der Waals surface area contributed by atoms with E-state index in [-0.39, 0.29) is 0 Å². The van der Waals surface area contributed by atoms with Gasteiger partial charge in [-0.3, -0.25) is 4.40 Å². The zero-order valence-corrected chi connectivity index (χ0v) is 12.1. The quantitative estimate of drug-likeness (QED) is 0.792. The molecule has 0 radical (unpaired) electrons. The largest absolute Gasteiger partial charge is 0.496 e. The molecule has 110 valence electrons. The highest BCUT2D eigenvalue weighted by Gasteiger charge is 2.15. The number of nitrogens with zero attached hydrogens (tertiary/aromatic N) is 4. The van der Waals surface area contributed by atoms with E-state index < -0.39 is 0 Å². The number of rotatable bonds is 3. The van der Waals surface area contributed by atoms with E-state index in [1.165, 1.54) is 7.11 Å². The molecule has 2 N–H and O–H groups in total. The van der Waals surface area contributed by atoms with Crippen molar-refractivity contribution in [1.82, 2.24) is 14.4 Å². The van der Waals surface area contributed by atoms with Crippen LogP contribution in [0.5, 0.6) is 11.5 Å². The highest BCUT2D eigenvalue weighted by Crippen LogP contribution is 2.35. The molecule has 7 heteroatoms. The first-order valence-electron chi connectivity index (χ1n) is 6.44. The molecule has 0 amide bonds. The molecule has 0 aliphatic rings. The molecule has 3 aromatic rings. The summed E-state index contributed by atoms with van der Waals surface area (Å²) < 4.78 is 12.3. The van der Waals surface area contributed by atoms with Crippen molar-refractivity contribution in [2.24, 2.45) is 0 Å². The summed E-state index contributed by atoms with van der Waals surface area (Å²) in [4.78, 5) is 8.58. The first-order valence-corrected chi connectivity index (χ1v) is 6.44. The number of nitrogen functional groups attached to an aromatic ring is 1. The van der Waals surface area contributed by atoms with Crippen molar-refractivity contribution in [1.29, 1.82) is 5.26 Å². The van der Waals surface area contributed by atoms with E-state index in [1.807, 2.05) is 0 Å². The fourth-order valence-electron chi connectivity index (χ4n) is 2.20. The Morgan fingerprint density at radius 3 is 2.64 bits per heavy atom. The second-order valence-corrected chi connectivity index (χ2v) is 4.55. The van der Waals surface area contributed by atoms with Gasteiger partial charge in [0, 0.05) is 24.0 Å². The summed E-state index contributed by atoms with van der Waals surface area (Å²) in [6.07, 6.45) is 3.57. The minimum absolute atomic E-state index is 0.393. The van der Waals surface area contributed by atoms with Gasteiger partial charge >= 0.3 is 0 Å². The van der Waals surface area contributed by atoms with Crippen LogP contribution in [0.4, 0.5) is 5.82 Å².